The van der Waals surface area contributed by atoms with Gasteiger partial charge < -0.3 is 24.8 Å². The van der Waals surface area contributed by atoms with Gasteiger partial charge in [0.25, 0.3) is 0 Å². The standard InChI is InChI=1S/C24H38O7/c1-13(25)31-20(21(28)30-4)24(29)10-8-17-16-6-5-14-11-15(26)7-9-22(14,2)19(16)18(27)12-23(17,24)3/h14-20,26-27,29H,5-12H2,1-4H3/t14-,15-,16+,17-,18+,19+,20+,22+,23+,24+/m1/s1. The first-order chi connectivity index (χ1) is 14.5. The molecule has 4 aliphatic rings. The SMILES string of the molecule is COC(=O)[C@H](OC(C)=O)[C@@]1(O)CC[C@@H]2[C@@H]3CC[C@@H]4C[C@H](O)CC[C@]4(C)[C@@H]3[C@@H](O)C[C@@]21C. The van der Waals surface area contributed by atoms with Crippen molar-refractivity contribution in [3.05, 3.63) is 0 Å². The largest absolute Gasteiger partial charge is 0.466 e. The van der Waals surface area contributed by atoms with Crippen molar-refractivity contribution in [2.45, 2.75) is 96.1 Å². The van der Waals surface area contributed by atoms with Crippen molar-refractivity contribution in [1.82, 2.24) is 0 Å². The molecule has 7 heteroatoms. The second-order valence-corrected chi connectivity index (χ2v) is 11.2. The van der Waals surface area contributed by atoms with Gasteiger partial charge in [-0.2, -0.15) is 0 Å². The molecule has 0 radical (unpaired) electrons. The molecule has 0 heterocycles. The Morgan fingerprint density at radius 1 is 1.06 bits per heavy atom. The zero-order valence-electron chi connectivity index (χ0n) is 19.2. The van der Waals surface area contributed by atoms with Crippen LogP contribution in [0.15, 0.2) is 0 Å². The summed E-state index contributed by atoms with van der Waals surface area (Å²) >= 11 is 0. The molecule has 0 bridgehead atoms. The molecule has 0 saturated heterocycles. The predicted octanol–water partition coefficient (Wildman–Crippen LogP) is 2.20. The zero-order valence-corrected chi connectivity index (χ0v) is 19.2. The molecule has 0 spiro atoms. The average Bonchev–Trinajstić information content (AvgIpc) is 2.97. The molecule has 7 nitrogen and oxygen atoms in total. The normalized spacial score (nSPS) is 49.9. The lowest BCUT2D eigenvalue weighted by molar-refractivity contribution is -0.230. The van der Waals surface area contributed by atoms with Gasteiger partial charge in [0.2, 0.25) is 6.10 Å². The number of aliphatic hydroxyl groups excluding tert-OH is 2. The smallest absolute Gasteiger partial charge is 0.350 e. The van der Waals surface area contributed by atoms with E-state index in [0.717, 1.165) is 38.5 Å². The number of rotatable bonds is 3. The highest BCUT2D eigenvalue weighted by Gasteiger charge is 2.70. The van der Waals surface area contributed by atoms with E-state index in [1.165, 1.54) is 14.0 Å². The fraction of sp³-hybridized carbons (Fsp3) is 0.917. The molecule has 0 unspecified atom stereocenters. The molecule has 4 fully saturated rings. The van der Waals surface area contributed by atoms with Gasteiger partial charge in [0.1, 0.15) is 5.60 Å². The molecular weight excluding hydrogens is 400 g/mol. The van der Waals surface area contributed by atoms with Gasteiger partial charge in [0, 0.05) is 12.3 Å². The van der Waals surface area contributed by atoms with Gasteiger partial charge >= 0.3 is 11.9 Å². The Hall–Kier alpha value is -1.18. The fourth-order valence-corrected chi connectivity index (χ4v) is 8.44. The third-order valence-corrected chi connectivity index (χ3v) is 9.92. The minimum absolute atomic E-state index is 0.0266. The molecule has 0 aliphatic heterocycles. The number of carbonyl (C=O) groups is 2. The summed E-state index contributed by atoms with van der Waals surface area (Å²) in [5, 5.41) is 33.6. The van der Waals surface area contributed by atoms with E-state index < -0.39 is 35.2 Å². The van der Waals surface area contributed by atoms with E-state index in [0.29, 0.717) is 18.8 Å². The monoisotopic (exact) mass is 438 g/mol. The van der Waals surface area contributed by atoms with Crippen LogP contribution in [0.25, 0.3) is 0 Å². The number of aliphatic hydroxyl groups is 3. The Bertz CT molecular complexity index is 739. The minimum Gasteiger partial charge on any atom is -0.466 e. The molecule has 0 amide bonds. The Balaban J connectivity index is 1.68. The number of hydrogen-bond acceptors (Lipinski definition) is 7. The summed E-state index contributed by atoms with van der Waals surface area (Å²) in [5.74, 6) is -0.523. The van der Waals surface area contributed by atoms with Crippen LogP contribution in [0.3, 0.4) is 0 Å². The number of fused-ring (bicyclic) bond motifs is 5. The van der Waals surface area contributed by atoms with Gasteiger partial charge in [-0.15, -0.1) is 0 Å². The molecule has 4 aliphatic carbocycles. The van der Waals surface area contributed by atoms with E-state index in [9.17, 15) is 24.9 Å². The first-order valence-corrected chi connectivity index (χ1v) is 11.8. The van der Waals surface area contributed by atoms with Crippen LogP contribution in [0.4, 0.5) is 0 Å². The van der Waals surface area contributed by atoms with E-state index in [2.05, 4.69) is 6.92 Å². The van der Waals surface area contributed by atoms with Crippen molar-refractivity contribution in [3.63, 3.8) is 0 Å². The van der Waals surface area contributed by atoms with Crippen LogP contribution in [0.1, 0.15) is 72.1 Å². The lowest BCUT2D eigenvalue weighted by Crippen LogP contribution is -2.65. The second-order valence-electron chi connectivity index (χ2n) is 11.2. The van der Waals surface area contributed by atoms with E-state index in [1.54, 1.807) is 0 Å². The van der Waals surface area contributed by atoms with Crippen molar-refractivity contribution in [3.8, 4) is 0 Å². The van der Waals surface area contributed by atoms with Crippen LogP contribution < -0.4 is 0 Å². The highest BCUT2D eigenvalue weighted by molar-refractivity contribution is 5.80. The van der Waals surface area contributed by atoms with Gasteiger partial charge in [0.15, 0.2) is 0 Å². The summed E-state index contributed by atoms with van der Waals surface area (Å²) in [5.41, 5.74) is -2.37. The molecule has 3 N–H and O–H groups in total. The van der Waals surface area contributed by atoms with Crippen LogP contribution in [0.2, 0.25) is 0 Å². The molecule has 0 aromatic carbocycles. The molecule has 0 aromatic rings. The number of ether oxygens (including phenoxy) is 2. The van der Waals surface area contributed by atoms with Crippen molar-refractivity contribution >= 4 is 11.9 Å². The van der Waals surface area contributed by atoms with E-state index in [1.807, 2.05) is 6.92 Å². The number of methoxy groups -OCH3 is 1. The van der Waals surface area contributed by atoms with Crippen molar-refractivity contribution in [1.29, 1.82) is 0 Å². The van der Waals surface area contributed by atoms with Crippen LogP contribution in [-0.2, 0) is 19.1 Å². The summed E-state index contributed by atoms with van der Waals surface area (Å²) in [6, 6.07) is 0. The first kappa shape index (κ1) is 23.0. The summed E-state index contributed by atoms with van der Waals surface area (Å²) in [6.45, 7) is 5.45. The first-order valence-electron chi connectivity index (χ1n) is 11.8. The van der Waals surface area contributed by atoms with Crippen LogP contribution in [0.5, 0.6) is 0 Å². The van der Waals surface area contributed by atoms with Crippen molar-refractivity contribution in [2.24, 2.45) is 34.5 Å². The molecule has 4 saturated carbocycles. The second kappa shape index (κ2) is 7.70. The maximum Gasteiger partial charge on any atom is 0.350 e. The molecule has 10 atom stereocenters. The Morgan fingerprint density at radius 3 is 2.42 bits per heavy atom. The molecule has 0 aromatic heterocycles. The van der Waals surface area contributed by atoms with Crippen molar-refractivity contribution in [2.75, 3.05) is 7.11 Å². The van der Waals surface area contributed by atoms with Crippen LogP contribution in [0, 0.1) is 34.5 Å². The zero-order chi connectivity index (χ0) is 22.8. The average molecular weight is 439 g/mol. The number of hydrogen-bond donors (Lipinski definition) is 3. The maximum absolute atomic E-state index is 12.5. The van der Waals surface area contributed by atoms with Gasteiger partial charge in [-0.1, -0.05) is 13.8 Å². The lowest BCUT2D eigenvalue weighted by Gasteiger charge is -2.63. The summed E-state index contributed by atoms with van der Waals surface area (Å²) < 4.78 is 10.2. The van der Waals surface area contributed by atoms with Crippen LogP contribution in [-0.4, -0.2) is 58.3 Å². The van der Waals surface area contributed by atoms with E-state index in [-0.39, 0.29) is 29.3 Å². The molecule has 31 heavy (non-hydrogen) atoms. The molecular formula is C24H38O7. The topological polar surface area (TPSA) is 113 Å². The third kappa shape index (κ3) is 3.25. The quantitative estimate of drug-likeness (QED) is 0.579. The fourth-order valence-electron chi connectivity index (χ4n) is 8.44. The molecule has 4 rings (SSSR count). The van der Waals surface area contributed by atoms with E-state index in [4.69, 9.17) is 9.47 Å². The summed E-state index contributed by atoms with van der Waals surface area (Å²) in [6.07, 6.45) is 3.58. The summed E-state index contributed by atoms with van der Waals surface area (Å²) in [4.78, 5) is 24.3. The highest BCUT2D eigenvalue weighted by atomic mass is 16.6. The number of esters is 2. The van der Waals surface area contributed by atoms with Crippen LogP contribution >= 0.6 is 0 Å². The summed E-state index contributed by atoms with van der Waals surface area (Å²) in [7, 11) is 1.22. The van der Waals surface area contributed by atoms with Crippen molar-refractivity contribution < 1.29 is 34.4 Å². The lowest BCUT2D eigenvalue weighted by atomic mass is 9.43. The maximum atomic E-state index is 12.5. The Labute approximate surface area is 184 Å². The number of carbonyl (C=O) groups excluding carboxylic acids is 2. The van der Waals surface area contributed by atoms with E-state index >= 15 is 0 Å². The molecule has 176 valence electrons. The highest BCUT2D eigenvalue weighted by Crippen LogP contribution is 2.68. The minimum atomic E-state index is -1.58. The van der Waals surface area contributed by atoms with Gasteiger partial charge in [-0.3, -0.25) is 4.79 Å². The van der Waals surface area contributed by atoms with Gasteiger partial charge in [-0.25, -0.2) is 4.79 Å². The Kier molecular flexibility index (Phi) is 5.71. The van der Waals surface area contributed by atoms with Gasteiger partial charge in [0.05, 0.1) is 19.3 Å². The Morgan fingerprint density at radius 2 is 1.77 bits per heavy atom. The van der Waals surface area contributed by atoms with Gasteiger partial charge in [-0.05, 0) is 80.5 Å². The third-order valence-electron chi connectivity index (χ3n) is 9.92. The predicted molar refractivity (Wildman–Crippen MR) is 112 cm³/mol.